The van der Waals surface area contributed by atoms with Gasteiger partial charge in [-0.15, -0.1) is 11.3 Å². The second kappa shape index (κ2) is 13.6. The number of thiophene rings is 1. The Morgan fingerprint density at radius 1 is 0.356 bits per heavy atom. The second-order valence-corrected chi connectivity index (χ2v) is 16.3. The predicted octanol–water partition coefficient (Wildman–Crippen LogP) is 16.3. The van der Waals surface area contributed by atoms with Crippen LogP contribution in [0.15, 0.2) is 218 Å². The van der Waals surface area contributed by atoms with Gasteiger partial charge in [0.05, 0.1) is 21.4 Å². The lowest BCUT2D eigenvalue weighted by molar-refractivity contribution is 1.19. The maximum atomic E-state index is 2.44. The van der Waals surface area contributed by atoms with E-state index >= 15 is 0 Å². The first-order chi connectivity index (χ1) is 29.3. The lowest BCUT2D eigenvalue weighted by atomic mass is 9.97. The molecule has 276 valence electrons. The van der Waals surface area contributed by atoms with Gasteiger partial charge in [-0.1, -0.05) is 170 Å². The maximum Gasteiger partial charge on any atom is 0.0727 e. The Labute approximate surface area is 346 Å². The van der Waals surface area contributed by atoms with Crippen LogP contribution in [0.1, 0.15) is 0 Å². The van der Waals surface area contributed by atoms with Crippen molar-refractivity contribution in [3.05, 3.63) is 218 Å². The molecule has 0 fully saturated rings. The van der Waals surface area contributed by atoms with E-state index in [1.165, 1.54) is 91.5 Å². The molecule has 0 aliphatic rings. The molecule has 2 aromatic heterocycles. The number of hydrogen-bond acceptors (Lipinski definition) is 2. The van der Waals surface area contributed by atoms with Crippen LogP contribution in [-0.4, -0.2) is 4.57 Å². The predicted molar refractivity (Wildman–Crippen MR) is 254 cm³/mol. The van der Waals surface area contributed by atoms with E-state index in [1.54, 1.807) is 0 Å². The highest BCUT2D eigenvalue weighted by atomic mass is 32.1. The Hall–Kier alpha value is -7.46. The summed E-state index contributed by atoms with van der Waals surface area (Å²) in [5.41, 5.74) is 12.0. The van der Waals surface area contributed by atoms with Gasteiger partial charge in [-0.2, -0.15) is 0 Å². The molecule has 0 aliphatic carbocycles. The van der Waals surface area contributed by atoms with Gasteiger partial charge in [-0.05, 0) is 97.7 Å². The van der Waals surface area contributed by atoms with E-state index in [9.17, 15) is 0 Å². The maximum absolute atomic E-state index is 2.44. The molecule has 2 heterocycles. The lowest BCUT2D eigenvalue weighted by Gasteiger charge is -2.28. The third-order valence-electron chi connectivity index (χ3n) is 12.0. The first-order valence-corrected chi connectivity index (χ1v) is 21.0. The van der Waals surface area contributed by atoms with Crippen LogP contribution in [0.4, 0.5) is 17.1 Å². The van der Waals surface area contributed by atoms with E-state index in [0.717, 1.165) is 17.1 Å². The zero-order chi connectivity index (χ0) is 38.9. The van der Waals surface area contributed by atoms with E-state index in [2.05, 4.69) is 228 Å². The normalized spacial score (nSPS) is 11.7. The molecule has 3 heteroatoms. The molecule has 10 aromatic carbocycles. The number of para-hydroxylation sites is 2. The molecular weight excluding hydrogens is 733 g/mol. The molecule has 12 aromatic rings. The molecule has 0 unspecified atom stereocenters. The quantitative estimate of drug-likeness (QED) is 0.153. The first kappa shape index (κ1) is 33.7. The standard InChI is InChI=1S/C56H36N2S/c1-2-17-41(18-3-1)58-52-27-11-10-23-50(52)56-54(58)51-26-13-25-47(55(51)59-56)39-30-34-43(35-31-39)57(53-36-40-15-5-7-20-46(40)48-21-8-9-22-49(48)53)42-32-28-38(29-33-42)45-24-12-16-37-14-4-6-19-44(37)45/h1-36H. The van der Waals surface area contributed by atoms with Crippen LogP contribution in [0.2, 0.25) is 0 Å². The van der Waals surface area contributed by atoms with Gasteiger partial charge in [0.1, 0.15) is 0 Å². The van der Waals surface area contributed by atoms with E-state index in [-0.39, 0.29) is 0 Å². The van der Waals surface area contributed by atoms with Gasteiger partial charge in [-0.3, -0.25) is 0 Å². The van der Waals surface area contributed by atoms with Crippen molar-refractivity contribution < 1.29 is 0 Å². The van der Waals surface area contributed by atoms with Gasteiger partial charge in [0.15, 0.2) is 0 Å². The molecule has 0 radical (unpaired) electrons. The molecule has 0 saturated carbocycles. The molecule has 0 spiro atoms. The minimum absolute atomic E-state index is 1.11. The Morgan fingerprint density at radius 2 is 0.898 bits per heavy atom. The van der Waals surface area contributed by atoms with Crippen molar-refractivity contribution in [2.75, 3.05) is 4.90 Å². The van der Waals surface area contributed by atoms with E-state index < -0.39 is 0 Å². The molecular formula is C56H36N2S. The highest BCUT2D eigenvalue weighted by Crippen LogP contribution is 2.47. The Morgan fingerprint density at radius 3 is 1.66 bits per heavy atom. The van der Waals surface area contributed by atoms with Gasteiger partial charge in [0.2, 0.25) is 0 Å². The summed E-state index contributed by atoms with van der Waals surface area (Å²) < 4.78 is 5.07. The Balaban J connectivity index is 1.02. The molecule has 0 bridgehead atoms. The summed E-state index contributed by atoms with van der Waals surface area (Å²) in [6.07, 6.45) is 0. The molecule has 59 heavy (non-hydrogen) atoms. The fourth-order valence-electron chi connectivity index (χ4n) is 9.27. The fourth-order valence-corrected chi connectivity index (χ4v) is 10.6. The summed E-state index contributed by atoms with van der Waals surface area (Å²) in [6.45, 7) is 0. The van der Waals surface area contributed by atoms with Gasteiger partial charge in [-0.25, -0.2) is 0 Å². The van der Waals surface area contributed by atoms with Crippen LogP contribution >= 0.6 is 11.3 Å². The number of aromatic nitrogens is 1. The van der Waals surface area contributed by atoms with Crippen LogP contribution in [0, 0.1) is 0 Å². The number of hydrogen-bond donors (Lipinski definition) is 0. The van der Waals surface area contributed by atoms with Crippen LogP contribution in [0.5, 0.6) is 0 Å². The average molecular weight is 769 g/mol. The van der Waals surface area contributed by atoms with Gasteiger partial charge in [0, 0.05) is 37.9 Å². The van der Waals surface area contributed by atoms with E-state index in [1.807, 2.05) is 11.3 Å². The van der Waals surface area contributed by atoms with E-state index in [4.69, 9.17) is 0 Å². The van der Waals surface area contributed by atoms with Gasteiger partial charge >= 0.3 is 0 Å². The third-order valence-corrected chi connectivity index (χ3v) is 13.2. The topological polar surface area (TPSA) is 8.17 Å². The largest absolute Gasteiger partial charge is 0.310 e. The summed E-state index contributed by atoms with van der Waals surface area (Å²) in [5.74, 6) is 0. The molecule has 12 rings (SSSR count). The number of nitrogens with zero attached hydrogens (tertiary/aromatic N) is 2. The monoisotopic (exact) mass is 768 g/mol. The van der Waals surface area contributed by atoms with Crippen LogP contribution < -0.4 is 4.90 Å². The molecule has 2 nitrogen and oxygen atoms in total. The Bertz CT molecular complexity index is 3540. The Kier molecular flexibility index (Phi) is 7.75. The molecule has 0 aliphatic heterocycles. The molecule has 0 atom stereocenters. The summed E-state index contributed by atoms with van der Waals surface area (Å²) in [6, 6.07) is 79.8. The van der Waals surface area contributed by atoms with Gasteiger partial charge in [0.25, 0.3) is 0 Å². The smallest absolute Gasteiger partial charge is 0.0727 e. The van der Waals surface area contributed by atoms with Crippen LogP contribution in [0.3, 0.4) is 0 Å². The van der Waals surface area contributed by atoms with Crippen molar-refractivity contribution >= 4 is 91.9 Å². The summed E-state index contributed by atoms with van der Waals surface area (Å²) in [4.78, 5) is 2.43. The van der Waals surface area contributed by atoms with E-state index in [0.29, 0.717) is 0 Å². The molecule has 0 N–H and O–H groups in total. The second-order valence-electron chi connectivity index (χ2n) is 15.3. The van der Waals surface area contributed by atoms with Crippen molar-refractivity contribution in [2.45, 2.75) is 0 Å². The zero-order valence-electron chi connectivity index (χ0n) is 32.1. The zero-order valence-corrected chi connectivity index (χ0v) is 32.9. The summed E-state index contributed by atoms with van der Waals surface area (Å²) in [7, 11) is 0. The number of anilines is 3. The van der Waals surface area contributed by atoms with Crippen molar-refractivity contribution in [2.24, 2.45) is 0 Å². The highest BCUT2D eigenvalue weighted by Gasteiger charge is 2.21. The summed E-state index contributed by atoms with van der Waals surface area (Å²) in [5, 5.41) is 10.0. The first-order valence-electron chi connectivity index (χ1n) is 20.2. The van der Waals surface area contributed by atoms with Crippen molar-refractivity contribution in [3.8, 4) is 27.9 Å². The van der Waals surface area contributed by atoms with Crippen molar-refractivity contribution in [3.63, 3.8) is 0 Å². The minimum atomic E-state index is 1.11. The van der Waals surface area contributed by atoms with Crippen LogP contribution in [0.25, 0.3) is 91.5 Å². The van der Waals surface area contributed by atoms with Crippen LogP contribution in [-0.2, 0) is 0 Å². The fraction of sp³-hybridized carbons (Fsp3) is 0. The molecule has 0 amide bonds. The molecule has 0 saturated heterocycles. The highest BCUT2D eigenvalue weighted by molar-refractivity contribution is 7.27. The number of benzene rings is 10. The summed E-state index contributed by atoms with van der Waals surface area (Å²) >= 11 is 1.90. The van der Waals surface area contributed by atoms with Crippen molar-refractivity contribution in [1.29, 1.82) is 0 Å². The van der Waals surface area contributed by atoms with Crippen molar-refractivity contribution in [1.82, 2.24) is 4.57 Å². The number of fused-ring (bicyclic) bond motifs is 9. The lowest BCUT2D eigenvalue weighted by Crippen LogP contribution is -2.10. The SMILES string of the molecule is c1ccc(-n2c3ccccc3c3sc4c(-c5ccc(N(c6ccc(-c7cccc8ccccc78)cc6)c6cc7ccccc7c7ccccc67)cc5)cccc4c32)cc1. The minimum Gasteiger partial charge on any atom is -0.310 e. The average Bonchev–Trinajstić information content (AvgIpc) is 3.85. The number of rotatable bonds is 6. The van der Waals surface area contributed by atoms with Gasteiger partial charge < -0.3 is 9.47 Å². The third kappa shape index (κ3) is 5.40.